The lowest BCUT2D eigenvalue weighted by Gasteiger charge is -2.20. The van der Waals surface area contributed by atoms with Gasteiger partial charge in [0.15, 0.2) is 0 Å². The molecule has 8 rings (SSSR count). The number of aryl methyl sites for hydroxylation is 2. The summed E-state index contributed by atoms with van der Waals surface area (Å²) in [5, 5.41) is 15.2. The highest BCUT2D eigenvalue weighted by Crippen LogP contribution is 2.43. The molecule has 0 aliphatic carbocycles. The van der Waals surface area contributed by atoms with Gasteiger partial charge in [0.2, 0.25) is 0 Å². The molecule has 0 radical (unpaired) electrons. The van der Waals surface area contributed by atoms with Crippen molar-refractivity contribution in [2.45, 2.75) is 20.0 Å². The molecule has 0 N–H and O–H groups in total. The highest BCUT2D eigenvalue weighted by molar-refractivity contribution is 6.12. The van der Waals surface area contributed by atoms with Crippen LogP contribution in [0.5, 0.6) is 0 Å². The molecule has 222 valence electrons. The fourth-order valence-corrected chi connectivity index (χ4v) is 6.88. The Balaban J connectivity index is 1.56. The van der Waals surface area contributed by atoms with Gasteiger partial charge >= 0.3 is 6.18 Å². The van der Waals surface area contributed by atoms with Crippen LogP contribution in [-0.4, -0.2) is 9.13 Å². The molecule has 0 atom stereocenters. The van der Waals surface area contributed by atoms with Gasteiger partial charge in [-0.1, -0.05) is 77.9 Å². The van der Waals surface area contributed by atoms with Gasteiger partial charge in [-0.05, 0) is 74.0 Å². The number of aromatic nitrogens is 2. The molecule has 2 heterocycles. The third-order valence-corrected chi connectivity index (χ3v) is 8.89. The maximum Gasteiger partial charge on any atom is 0.416 e. The first-order chi connectivity index (χ1) is 22.2. The first-order valence-electron chi connectivity index (χ1n) is 15.0. The van der Waals surface area contributed by atoms with E-state index in [9.17, 15) is 18.4 Å². The Labute approximate surface area is 263 Å². The second kappa shape index (κ2) is 10.1. The first-order valence-corrected chi connectivity index (χ1v) is 15.0. The average molecular weight is 606 g/mol. The first kappa shape index (κ1) is 27.7. The molecule has 46 heavy (non-hydrogen) atoms. The molecular formula is C40H26F3N3. The topological polar surface area (TPSA) is 33.6 Å². The zero-order valence-corrected chi connectivity index (χ0v) is 25.0. The quantitative estimate of drug-likeness (QED) is 0.197. The number of hydrogen-bond acceptors (Lipinski definition) is 1. The van der Waals surface area contributed by atoms with E-state index in [2.05, 4.69) is 47.9 Å². The van der Waals surface area contributed by atoms with Crippen LogP contribution in [0.3, 0.4) is 0 Å². The van der Waals surface area contributed by atoms with Crippen molar-refractivity contribution in [1.82, 2.24) is 9.13 Å². The van der Waals surface area contributed by atoms with Crippen molar-refractivity contribution in [3.63, 3.8) is 0 Å². The van der Waals surface area contributed by atoms with E-state index in [-0.39, 0.29) is 0 Å². The Hall–Kier alpha value is -5.80. The van der Waals surface area contributed by atoms with Gasteiger partial charge < -0.3 is 9.13 Å². The Morgan fingerprint density at radius 3 is 1.74 bits per heavy atom. The zero-order valence-electron chi connectivity index (χ0n) is 25.0. The zero-order chi connectivity index (χ0) is 31.7. The molecule has 2 aromatic heterocycles. The van der Waals surface area contributed by atoms with Crippen molar-refractivity contribution in [2.24, 2.45) is 0 Å². The van der Waals surface area contributed by atoms with E-state index >= 15 is 0 Å². The highest BCUT2D eigenvalue weighted by atomic mass is 19.4. The van der Waals surface area contributed by atoms with Crippen LogP contribution >= 0.6 is 0 Å². The van der Waals surface area contributed by atoms with Gasteiger partial charge in [-0.2, -0.15) is 18.4 Å². The normalized spacial score (nSPS) is 12.0. The van der Waals surface area contributed by atoms with E-state index in [0.29, 0.717) is 28.1 Å². The molecule has 3 nitrogen and oxygen atoms in total. The second-order valence-corrected chi connectivity index (χ2v) is 11.8. The van der Waals surface area contributed by atoms with Crippen LogP contribution in [0.15, 0.2) is 121 Å². The molecule has 0 aliphatic heterocycles. The average Bonchev–Trinajstić information content (AvgIpc) is 3.55. The molecule has 0 bridgehead atoms. The van der Waals surface area contributed by atoms with Gasteiger partial charge in [0.25, 0.3) is 0 Å². The van der Waals surface area contributed by atoms with Crippen LogP contribution in [-0.2, 0) is 6.18 Å². The van der Waals surface area contributed by atoms with Gasteiger partial charge in [-0.15, -0.1) is 0 Å². The summed E-state index contributed by atoms with van der Waals surface area (Å²) in [4.78, 5) is 0. The lowest BCUT2D eigenvalue weighted by molar-refractivity contribution is -0.137. The number of nitriles is 1. The molecule has 6 aromatic carbocycles. The lowest BCUT2D eigenvalue weighted by atomic mass is 9.96. The summed E-state index contributed by atoms with van der Waals surface area (Å²) in [7, 11) is 0. The number of nitrogens with zero attached hydrogens (tertiary/aromatic N) is 3. The number of alkyl halides is 3. The van der Waals surface area contributed by atoms with Crippen LogP contribution in [0.2, 0.25) is 0 Å². The van der Waals surface area contributed by atoms with Crippen molar-refractivity contribution < 1.29 is 13.2 Å². The van der Waals surface area contributed by atoms with Crippen molar-refractivity contribution >= 4 is 43.6 Å². The van der Waals surface area contributed by atoms with Crippen LogP contribution < -0.4 is 0 Å². The second-order valence-electron chi connectivity index (χ2n) is 11.8. The van der Waals surface area contributed by atoms with Crippen LogP contribution in [0.1, 0.15) is 22.3 Å². The Kier molecular flexibility index (Phi) is 6.10. The smallest absolute Gasteiger partial charge is 0.308 e. The number of halogens is 3. The summed E-state index contributed by atoms with van der Waals surface area (Å²) >= 11 is 0. The van der Waals surface area contributed by atoms with E-state index < -0.39 is 11.7 Å². The Morgan fingerprint density at radius 2 is 1.13 bits per heavy atom. The van der Waals surface area contributed by atoms with Gasteiger partial charge in [-0.25, -0.2) is 0 Å². The van der Waals surface area contributed by atoms with Crippen molar-refractivity contribution in [3.8, 4) is 28.6 Å². The molecule has 8 aromatic rings. The predicted octanol–water partition coefficient (Wildman–Crippen LogP) is 11.1. The van der Waals surface area contributed by atoms with Crippen molar-refractivity contribution in [1.29, 1.82) is 5.26 Å². The fourth-order valence-electron chi connectivity index (χ4n) is 6.88. The summed E-state index contributed by atoms with van der Waals surface area (Å²) in [6.45, 7) is 4.09. The molecule has 0 saturated carbocycles. The Bertz CT molecular complexity index is 2560. The number of fused-ring (bicyclic) bond motifs is 6. The number of rotatable bonds is 3. The van der Waals surface area contributed by atoms with Crippen LogP contribution in [0.25, 0.3) is 66.1 Å². The monoisotopic (exact) mass is 605 g/mol. The van der Waals surface area contributed by atoms with Crippen molar-refractivity contribution in [3.05, 3.63) is 144 Å². The number of hydrogen-bond donors (Lipinski definition) is 0. The van der Waals surface area contributed by atoms with Gasteiger partial charge in [0.1, 0.15) is 11.6 Å². The van der Waals surface area contributed by atoms with E-state index in [1.165, 1.54) is 12.1 Å². The standard InChI is InChI=1S/C40H26F3N3/c1-24-14-17-36-31(20-24)29-10-3-5-12-34(29)45(36)38-19-16-28(26-8-7-9-27(22-26)40(41,42)43)39(33(38)23-44)46-35-13-6-4-11-30(35)32-21-25(2)15-18-37(32)46/h3-22H,1-2H3. The third-order valence-electron chi connectivity index (χ3n) is 8.89. The summed E-state index contributed by atoms with van der Waals surface area (Å²) in [5.41, 5.74) is 7.54. The SMILES string of the molecule is Cc1ccc2c(c1)c1ccccc1n2-c1ccc(-c2cccc(C(F)(F)F)c2)c(-n2c3ccccc3c3cc(C)ccc32)c1C#N. The maximum atomic E-state index is 14.0. The highest BCUT2D eigenvalue weighted by Gasteiger charge is 2.31. The molecule has 0 amide bonds. The Morgan fingerprint density at radius 1 is 0.565 bits per heavy atom. The number of benzene rings is 6. The minimum Gasteiger partial charge on any atom is -0.308 e. The molecule has 6 heteroatoms. The van der Waals surface area contributed by atoms with Crippen molar-refractivity contribution in [2.75, 3.05) is 0 Å². The van der Waals surface area contributed by atoms with Crippen LogP contribution in [0, 0.1) is 25.2 Å². The maximum absolute atomic E-state index is 14.0. The molecule has 0 fully saturated rings. The predicted molar refractivity (Wildman–Crippen MR) is 180 cm³/mol. The summed E-state index contributed by atoms with van der Waals surface area (Å²) in [6.07, 6.45) is -4.51. The van der Waals surface area contributed by atoms with E-state index in [4.69, 9.17) is 0 Å². The van der Waals surface area contributed by atoms with Gasteiger partial charge in [-0.3, -0.25) is 0 Å². The summed E-state index contributed by atoms with van der Waals surface area (Å²) in [6, 6.07) is 40.0. The third kappa shape index (κ3) is 4.13. The largest absolute Gasteiger partial charge is 0.416 e. The van der Waals surface area contributed by atoms with Gasteiger partial charge in [0, 0.05) is 27.1 Å². The van der Waals surface area contributed by atoms with Crippen LogP contribution in [0.4, 0.5) is 13.2 Å². The minimum absolute atomic E-state index is 0.362. The summed E-state index contributed by atoms with van der Waals surface area (Å²) < 4.78 is 46.1. The van der Waals surface area contributed by atoms with E-state index in [0.717, 1.165) is 60.8 Å². The number of para-hydroxylation sites is 2. The molecule has 0 aliphatic rings. The molecule has 0 saturated heterocycles. The molecular weight excluding hydrogens is 579 g/mol. The summed E-state index contributed by atoms with van der Waals surface area (Å²) in [5.74, 6) is 0. The molecule has 0 unspecified atom stereocenters. The van der Waals surface area contributed by atoms with Gasteiger partial charge in [0.05, 0.1) is 39.0 Å². The fraction of sp³-hybridized carbons (Fsp3) is 0.0750. The van der Waals surface area contributed by atoms with E-state index in [1.54, 1.807) is 6.07 Å². The minimum atomic E-state index is -4.51. The van der Waals surface area contributed by atoms with E-state index in [1.807, 2.05) is 78.2 Å². The lowest BCUT2D eigenvalue weighted by Crippen LogP contribution is -2.07. The molecule has 0 spiro atoms.